The van der Waals surface area contributed by atoms with E-state index >= 15 is 0 Å². The number of rotatable bonds is 4. The van der Waals surface area contributed by atoms with Crippen LogP contribution in [0, 0.1) is 0 Å². The third kappa shape index (κ3) is 2.47. The van der Waals surface area contributed by atoms with Gasteiger partial charge in [-0.3, -0.25) is 0 Å². The van der Waals surface area contributed by atoms with E-state index < -0.39 is 0 Å². The number of ether oxygens (including phenoxy) is 1. The van der Waals surface area contributed by atoms with Crippen molar-refractivity contribution in [1.29, 1.82) is 0 Å². The maximum absolute atomic E-state index is 5.86. The molecule has 14 heavy (non-hydrogen) atoms. The second-order valence-electron chi connectivity index (χ2n) is 3.40. The molecule has 0 aliphatic heterocycles. The van der Waals surface area contributed by atoms with Crippen LogP contribution < -0.4 is 15.8 Å². The molecule has 3 nitrogen and oxygen atoms in total. The minimum atomic E-state index is 0.0911. The SMILES string of the molecule is CNC(c1ccc(OC)cc1)C(C)N. The average Bonchev–Trinajstić information content (AvgIpc) is 2.19. The molecule has 0 fully saturated rings. The van der Waals surface area contributed by atoms with Crippen molar-refractivity contribution in [2.45, 2.75) is 19.0 Å². The molecule has 2 atom stereocenters. The zero-order valence-corrected chi connectivity index (χ0v) is 8.95. The predicted octanol–water partition coefficient (Wildman–Crippen LogP) is 1.30. The van der Waals surface area contributed by atoms with Crippen LogP contribution in [0.1, 0.15) is 18.5 Å². The highest BCUT2D eigenvalue weighted by molar-refractivity contribution is 5.29. The summed E-state index contributed by atoms with van der Waals surface area (Å²) in [5.74, 6) is 0.869. The average molecular weight is 194 g/mol. The largest absolute Gasteiger partial charge is 0.497 e. The van der Waals surface area contributed by atoms with Gasteiger partial charge in [-0.15, -0.1) is 0 Å². The highest BCUT2D eigenvalue weighted by atomic mass is 16.5. The molecule has 0 heterocycles. The number of likely N-dealkylation sites (N-methyl/N-ethyl adjacent to an activating group) is 1. The van der Waals surface area contributed by atoms with Gasteiger partial charge >= 0.3 is 0 Å². The molecule has 1 aromatic rings. The van der Waals surface area contributed by atoms with E-state index in [2.05, 4.69) is 5.32 Å². The number of hydrogen-bond acceptors (Lipinski definition) is 3. The molecule has 0 radical (unpaired) electrons. The van der Waals surface area contributed by atoms with Gasteiger partial charge in [-0.1, -0.05) is 12.1 Å². The van der Waals surface area contributed by atoms with E-state index in [1.165, 1.54) is 5.56 Å². The maximum atomic E-state index is 5.86. The van der Waals surface area contributed by atoms with Crippen molar-refractivity contribution >= 4 is 0 Å². The van der Waals surface area contributed by atoms with Crippen LogP contribution in [0.2, 0.25) is 0 Å². The number of nitrogens with two attached hydrogens (primary N) is 1. The van der Waals surface area contributed by atoms with Gasteiger partial charge in [0.15, 0.2) is 0 Å². The Kier molecular flexibility index (Phi) is 3.92. The van der Waals surface area contributed by atoms with Crippen LogP contribution in [-0.2, 0) is 0 Å². The topological polar surface area (TPSA) is 47.3 Å². The Bertz CT molecular complexity index is 269. The number of nitrogens with one attached hydrogen (secondary N) is 1. The smallest absolute Gasteiger partial charge is 0.118 e. The molecular formula is C11H18N2O. The minimum Gasteiger partial charge on any atom is -0.497 e. The molecule has 1 aromatic carbocycles. The second kappa shape index (κ2) is 4.98. The van der Waals surface area contributed by atoms with Crippen molar-refractivity contribution in [3.05, 3.63) is 29.8 Å². The van der Waals surface area contributed by atoms with E-state index in [0.29, 0.717) is 0 Å². The molecule has 0 aliphatic rings. The molecule has 0 aromatic heterocycles. The van der Waals surface area contributed by atoms with Crippen LogP contribution in [0.4, 0.5) is 0 Å². The monoisotopic (exact) mass is 194 g/mol. The molecule has 0 saturated heterocycles. The Morgan fingerprint density at radius 2 is 1.86 bits per heavy atom. The predicted molar refractivity (Wildman–Crippen MR) is 58.4 cm³/mol. The van der Waals surface area contributed by atoms with E-state index in [1.54, 1.807) is 7.11 Å². The maximum Gasteiger partial charge on any atom is 0.118 e. The van der Waals surface area contributed by atoms with Gasteiger partial charge in [0.1, 0.15) is 5.75 Å². The minimum absolute atomic E-state index is 0.0911. The summed E-state index contributed by atoms with van der Waals surface area (Å²) < 4.78 is 5.09. The van der Waals surface area contributed by atoms with Crippen LogP contribution in [0.15, 0.2) is 24.3 Å². The van der Waals surface area contributed by atoms with Gasteiger partial charge in [-0.05, 0) is 31.7 Å². The highest BCUT2D eigenvalue weighted by Crippen LogP contribution is 2.18. The van der Waals surface area contributed by atoms with E-state index in [0.717, 1.165) is 5.75 Å². The fourth-order valence-corrected chi connectivity index (χ4v) is 1.54. The third-order valence-corrected chi connectivity index (χ3v) is 2.31. The van der Waals surface area contributed by atoms with E-state index in [-0.39, 0.29) is 12.1 Å². The molecule has 0 bridgehead atoms. The Balaban J connectivity index is 2.84. The fraction of sp³-hybridized carbons (Fsp3) is 0.455. The van der Waals surface area contributed by atoms with Crippen LogP contribution in [0.3, 0.4) is 0 Å². The fourth-order valence-electron chi connectivity index (χ4n) is 1.54. The molecule has 0 amide bonds. The van der Waals surface area contributed by atoms with Crippen molar-refractivity contribution in [3.8, 4) is 5.75 Å². The first-order valence-corrected chi connectivity index (χ1v) is 4.76. The first kappa shape index (κ1) is 11.0. The van der Waals surface area contributed by atoms with Gasteiger partial charge in [0.05, 0.1) is 7.11 Å². The quantitative estimate of drug-likeness (QED) is 0.759. The standard InChI is InChI=1S/C11H18N2O/c1-8(12)11(13-2)9-4-6-10(14-3)7-5-9/h4-8,11,13H,12H2,1-3H3. The van der Waals surface area contributed by atoms with Gasteiger partial charge in [0, 0.05) is 12.1 Å². The van der Waals surface area contributed by atoms with Crippen molar-refractivity contribution in [2.75, 3.05) is 14.2 Å². The molecule has 0 aliphatic carbocycles. The number of benzene rings is 1. The highest BCUT2D eigenvalue weighted by Gasteiger charge is 2.13. The molecule has 78 valence electrons. The number of hydrogen-bond donors (Lipinski definition) is 2. The second-order valence-corrected chi connectivity index (χ2v) is 3.40. The lowest BCUT2D eigenvalue weighted by atomic mass is 10.0. The summed E-state index contributed by atoms with van der Waals surface area (Å²) in [7, 11) is 3.58. The summed E-state index contributed by atoms with van der Waals surface area (Å²) >= 11 is 0. The summed E-state index contributed by atoms with van der Waals surface area (Å²) in [6.45, 7) is 1.99. The summed E-state index contributed by atoms with van der Waals surface area (Å²) in [4.78, 5) is 0. The summed E-state index contributed by atoms with van der Waals surface area (Å²) in [5.41, 5.74) is 7.04. The number of methoxy groups -OCH3 is 1. The van der Waals surface area contributed by atoms with Gasteiger partial charge in [-0.25, -0.2) is 0 Å². The zero-order chi connectivity index (χ0) is 10.6. The van der Waals surface area contributed by atoms with Crippen LogP contribution in [-0.4, -0.2) is 20.2 Å². The summed E-state index contributed by atoms with van der Waals surface area (Å²) in [6, 6.07) is 8.24. The summed E-state index contributed by atoms with van der Waals surface area (Å²) in [6.07, 6.45) is 0. The van der Waals surface area contributed by atoms with E-state index in [1.807, 2.05) is 38.2 Å². The van der Waals surface area contributed by atoms with E-state index in [9.17, 15) is 0 Å². The van der Waals surface area contributed by atoms with Crippen molar-refractivity contribution < 1.29 is 4.74 Å². The van der Waals surface area contributed by atoms with Crippen molar-refractivity contribution in [1.82, 2.24) is 5.32 Å². The lowest BCUT2D eigenvalue weighted by Crippen LogP contribution is -2.33. The van der Waals surface area contributed by atoms with Gasteiger partial charge in [0.2, 0.25) is 0 Å². The lowest BCUT2D eigenvalue weighted by molar-refractivity contribution is 0.414. The van der Waals surface area contributed by atoms with Crippen LogP contribution in [0.5, 0.6) is 5.75 Å². The first-order chi connectivity index (χ1) is 6.69. The third-order valence-electron chi connectivity index (χ3n) is 2.31. The summed E-state index contributed by atoms with van der Waals surface area (Å²) in [5, 5.41) is 3.19. The normalized spacial score (nSPS) is 14.9. The molecule has 3 heteroatoms. The molecule has 0 saturated carbocycles. The zero-order valence-electron chi connectivity index (χ0n) is 8.95. The van der Waals surface area contributed by atoms with Crippen molar-refractivity contribution in [3.63, 3.8) is 0 Å². The Morgan fingerprint density at radius 1 is 1.29 bits per heavy atom. The van der Waals surface area contributed by atoms with Crippen LogP contribution in [0.25, 0.3) is 0 Å². The van der Waals surface area contributed by atoms with Crippen molar-refractivity contribution in [2.24, 2.45) is 5.73 Å². The molecule has 3 N–H and O–H groups in total. The lowest BCUT2D eigenvalue weighted by Gasteiger charge is -2.20. The Hall–Kier alpha value is -1.06. The van der Waals surface area contributed by atoms with Gasteiger partial charge in [-0.2, -0.15) is 0 Å². The van der Waals surface area contributed by atoms with E-state index in [4.69, 9.17) is 10.5 Å². The molecule has 1 rings (SSSR count). The molecule has 0 spiro atoms. The molecular weight excluding hydrogens is 176 g/mol. The Morgan fingerprint density at radius 3 is 2.21 bits per heavy atom. The van der Waals surface area contributed by atoms with Gasteiger partial charge in [0.25, 0.3) is 0 Å². The molecule has 2 unspecified atom stereocenters. The first-order valence-electron chi connectivity index (χ1n) is 4.76. The van der Waals surface area contributed by atoms with Gasteiger partial charge < -0.3 is 15.8 Å². The van der Waals surface area contributed by atoms with Crippen LogP contribution >= 0.6 is 0 Å². The Labute approximate surface area is 85.3 Å².